The van der Waals surface area contributed by atoms with E-state index in [-0.39, 0.29) is 0 Å². The number of carboxylic acids is 1. The van der Waals surface area contributed by atoms with Gasteiger partial charge in [0.25, 0.3) is 0 Å². The summed E-state index contributed by atoms with van der Waals surface area (Å²) in [4.78, 5) is 11.0. The van der Waals surface area contributed by atoms with E-state index in [0.29, 0.717) is 12.5 Å². The predicted molar refractivity (Wildman–Crippen MR) is 62.3 cm³/mol. The standard InChI is InChI=1S/C12H20N2O2/c1-5-9(2)14-7-6-10(13-14)8-12(3,4)11(15)16/h6-7,9H,5,8H2,1-4H3,(H,15,16). The molecule has 1 atom stereocenters. The molecule has 0 aromatic carbocycles. The van der Waals surface area contributed by atoms with Crippen molar-refractivity contribution in [2.45, 2.75) is 46.6 Å². The molecule has 4 heteroatoms. The molecule has 0 aliphatic rings. The third kappa shape index (κ3) is 2.84. The predicted octanol–water partition coefficient (Wildman–Crippen LogP) is 2.51. The van der Waals surface area contributed by atoms with Crippen molar-refractivity contribution in [3.63, 3.8) is 0 Å². The number of aromatic nitrogens is 2. The Balaban J connectivity index is 2.76. The smallest absolute Gasteiger partial charge is 0.309 e. The zero-order chi connectivity index (χ0) is 12.3. The van der Waals surface area contributed by atoms with Crippen LogP contribution >= 0.6 is 0 Å². The van der Waals surface area contributed by atoms with Crippen LogP contribution in [0.2, 0.25) is 0 Å². The van der Waals surface area contributed by atoms with Crippen molar-refractivity contribution in [3.05, 3.63) is 18.0 Å². The number of aliphatic carboxylic acids is 1. The molecule has 0 amide bonds. The lowest BCUT2D eigenvalue weighted by Gasteiger charge is -2.17. The molecule has 0 radical (unpaired) electrons. The number of carbonyl (C=O) groups is 1. The number of rotatable bonds is 5. The maximum absolute atomic E-state index is 11.0. The molecule has 0 fully saturated rings. The Morgan fingerprint density at radius 1 is 1.62 bits per heavy atom. The minimum atomic E-state index is -0.786. The van der Waals surface area contributed by atoms with E-state index >= 15 is 0 Å². The second kappa shape index (κ2) is 4.68. The van der Waals surface area contributed by atoms with Gasteiger partial charge in [-0.3, -0.25) is 9.48 Å². The van der Waals surface area contributed by atoms with Crippen LogP contribution in [0.25, 0.3) is 0 Å². The zero-order valence-corrected chi connectivity index (χ0v) is 10.4. The van der Waals surface area contributed by atoms with Crippen molar-refractivity contribution in [2.75, 3.05) is 0 Å². The van der Waals surface area contributed by atoms with Crippen molar-refractivity contribution in [3.8, 4) is 0 Å². The molecule has 1 aromatic heterocycles. The van der Waals surface area contributed by atoms with E-state index in [0.717, 1.165) is 12.1 Å². The van der Waals surface area contributed by atoms with Crippen LogP contribution in [0, 0.1) is 5.41 Å². The number of nitrogens with zero attached hydrogens (tertiary/aromatic N) is 2. The summed E-state index contributed by atoms with van der Waals surface area (Å²) in [6, 6.07) is 2.26. The number of hydrogen-bond donors (Lipinski definition) is 1. The maximum atomic E-state index is 11.0. The molecule has 0 spiro atoms. The van der Waals surface area contributed by atoms with Gasteiger partial charge in [0.2, 0.25) is 0 Å². The van der Waals surface area contributed by atoms with Crippen LogP contribution in [0.1, 0.15) is 45.9 Å². The SMILES string of the molecule is CCC(C)n1ccc(CC(C)(C)C(=O)O)n1. The van der Waals surface area contributed by atoms with Gasteiger partial charge in [-0.1, -0.05) is 6.92 Å². The zero-order valence-electron chi connectivity index (χ0n) is 10.4. The van der Waals surface area contributed by atoms with Gasteiger partial charge in [-0.05, 0) is 33.3 Å². The third-order valence-corrected chi connectivity index (χ3v) is 2.91. The second-order valence-electron chi connectivity index (χ2n) is 4.91. The van der Waals surface area contributed by atoms with Crippen molar-refractivity contribution in [1.82, 2.24) is 9.78 Å². The molecule has 90 valence electrons. The number of hydrogen-bond acceptors (Lipinski definition) is 2. The van der Waals surface area contributed by atoms with E-state index in [1.54, 1.807) is 13.8 Å². The summed E-state index contributed by atoms with van der Waals surface area (Å²) in [5, 5.41) is 13.4. The quantitative estimate of drug-likeness (QED) is 0.836. The average molecular weight is 224 g/mol. The van der Waals surface area contributed by atoms with Gasteiger partial charge >= 0.3 is 5.97 Å². The van der Waals surface area contributed by atoms with Gasteiger partial charge in [-0.2, -0.15) is 5.10 Å². The Bertz CT molecular complexity index is 369. The summed E-state index contributed by atoms with van der Waals surface area (Å²) in [7, 11) is 0. The minimum Gasteiger partial charge on any atom is -0.481 e. The van der Waals surface area contributed by atoms with E-state index in [1.807, 2.05) is 16.9 Å². The van der Waals surface area contributed by atoms with Crippen LogP contribution in [0.4, 0.5) is 0 Å². The molecule has 16 heavy (non-hydrogen) atoms. The third-order valence-electron chi connectivity index (χ3n) is 2.91. The highest BCUT2D eigenvalue weighted by molar-refractivity contribution is 5.73. The highest BCUT2D eigenvalue weighted by atomic mass is 16.4. The molecule has 0 aliphatic carbocycles. The van der Waals surface area contributed by atoms with Gasteiger partial charge < -0.3 is 5.11 Å². The second-order valence-corrected chi connectivity index (χ2v) is 4.91. The van der Waals surface area contributed by atoms with Crippen LogP contribution in [0.15, 0.2) is 12.3 Å². The van der Waals surface area contributed by atoms with Gasteiger partial charge in [-0.15, -0.1) is 0 Å². The Hall–Kier alpha value is -1.32. The van der Waals surface area contributed by atoms with E-state index < -0.39 is 11.4 Å². The van der Waals surface area contributed by atoms with E-state index in [2.05, 4.69) is 18.9 Å². The summed E-state index contributed by atoms with van der Waals surface area (Å²) in [5.74, 6) is -0.786. The Morgan fingerprint density at radius 3 is 2.75 bits per heavy atom. The normalized spacial score (nSPS) is 13.8. The Kier molecular flexibility index (Phi) is 3.73. The molecule has 0 saturated carbocycles. The monoisotopic (exact) mass is 224 g/mol. The molecule has 0 bridgehead atoms. The first kappa shape index (κ1) is 12.7. The van der Waals surface area contributed by atoms with Crippen LogP contribution < -0.4 is 0 Å². The molecule has 0 aliphatic heterocycles. The molecule has 4 nitrogen and oxygen atoms in total. The van der Waals surface area contributed by atoms with E-state index in [1.165, 1.54) is 0 Å². The summed E-state index contributed by atoms with van der Waals surface area (Å²) in [6.45, 7) is 7.64. The fourth-order valence-electron chi connectivity index (χ4n) is 1.43. The first-order chi connectivity index (χ1) is 7.36. The summed E-state index contributed by atoms with van der Waals surface area (Å²) in [6.07, 6.45) is 3.40. The fraction of sp³-hybridized carbons (Fsp3) is 0.667. The van der Waals surface area contributed by atoms with Crippen molar-refractivity contribution >= 4 is 5.97 Å². The topological polar surface area (TPSA) is 55.1 Å². The minimum absolute atomic E-state index is 0.363. The maximum Gasteiger partial charge on any atom is 0.309 e. The van der Waals surface area contributed by atoms with Crippen LogP contribution in [0.3, 0.4) is 0 Å². The van der Waals surface area contributed by atoms with Gasteiger partial charge in [0.1, 0.15) is 0 Å². The number of carboxylic acid groups (broad SMARTS) is 1. The van der Waals surface area contributed by atoms with Crippen LogP contribution in [-0.4, -0.2) is 20.9 Å². The lowest BCUT2D eigenvalue weighted by Crippen LogP contribution is -2.26. The van der Waals surface area contributed by atoms with Crippen LogP contribution in [0.5, 0.6) is 0 Å². The first-order valence-electron chi connectivity index (χ1n) is 5.64. The average Bonchev–Trinajstić information content (AvgIpc) is 2.64. The molecular weight excluding hydrogens is 204 g/mol. The van der Waals surface area contributed by atoms with Crippen molar-refractivity contribution in [2.24, 2.45) is 5.41 Å². The molecule has 1 unspecified atom stereocenters. The highest BCUT2D eigenvalue weighted by Gasteiger charge is 2.28. The molecule has 1 N–H and O–H groups in total. The highest BCUT2D eigenvalue weighted by Crippen LogP contribution is 2.21. The van der Waals surface area contributed by atoms with Crippen molar-refractivity contribution < 1.29 is 9.90 Å². The molecule has 0 saturated heterocycles. The summed E-state index contributed by atoms with van der Waals surface area (Å²) >= 11 is 0. The Labute approximate surface area is 96.3 Å². The summed E-state index contributed by atoms with van der Waals surface area (Å²) < 4.78 is 1.90. The van der Waals surface area contributed by atoms with Crippen LogP contribution in [-0.2, 0) is 11.2 Å². The van der Waals surface area contributed by atoms with Gasteiger partial charge in [0.05, 0.1) is 11.1 Å². The lowest BCUT2D eigenvalue weighted by atomic mass is 9.88. The van der Waals surface area contributed by atoms with Gasteiger partial charge in [0, 0.05) is 18.7 Å². The molecule has 1 aromatic rings. The van der Waals surface area contributed by atoms with E-state index in [9.17, 15) is 4.79 Å². The largest absolute Gasteiger partial charge is 0.481 e. The Morgan fingerprint density at radius 2 is 2.25 bits per heavy atom. The van der Waals surface area contributed by atoms with Gasteiger partial charge in [0.15, 0.2) is 0 Å². The fourth-order valence-corrected chi connectivity index (χ4v) is 1.43. The molecule has 1 rings (SSSR count). The summed E-state index contributed by atoms with van der Waals surface area (Å²) in [5.41, 5.74) is 0.0851. The first-order valence-corrected chi connectivity index (χ1v) is 5.64. The molecule has 1 heterocycles. The van der Waals surface area contributed by atoms with E-state index in [4.69, 9.17) is 5.11 Å². The van der Waals surface area contributed by atoms with Crippen molar-refractivity contribution in [1.29, 1.82) is 0 Å². The van der Waals surface area contributed by atoms with Gasteiger partial charge in [-0.25, -0.2) is 0 Å². The lowest BCUT2D eigenvalue weighted by molar-refractivity contribution is -0.146. The molecular formula is C12H20N2O2.